The minimum Gasteiger partial charge on any atom is -0.394 e. The van der Waals surface area contributed by atoms with E-state index in [4.69, 9.17) is 14.7 Å². The lowest BCUT2D eigenvalue weighted by Crippen LogP contribution is -2.60. The van der Waals surface area contributed by atoms with Gasteiger partial charge in [-0.05, 0) is 31.2 Å². The Morgan fingerprint density at radius 3 is 2.33 bits per heavy atom. The maximum atomic E-state index is 12.6. The SMILES string of the molecule is CC(/C=C/C(=O)NOC1OC(CO)C(O)C(O)C1O)=C\[C@@H](C)C(=O)c1ccc(N(C)C)cc1. The van der Waals surface area contributed by atoms with Crippen LogP contribution in [0.25, 0.3) is 0 Å². The minimum absolute atomic E-state index is 0.0524. The highest BCUT2D eigenvalue weighted by molar-refractivity contribution is 5.99. The Bertz CT molecular complexity index is 866. The lowest BCUT2D eigenvalue weighted by Gasteiger charge is -2.38. The zero-order valence-corrected chi connectivity index (χ0v) is 19.1. The predicted octanol–water partition coefficient (Wildman–Crippen LogP) is -0.0784. The molecular formula is C23H32N2O8. The topological polar surface area (TPSA) is 149 Å². The summed E-state index contributed by atoms with van der Waals surface area (Å²) in [5.74, 6) is -1.14. The number of ketones is 1. The van der Waals surface area contributed by atoms with Gasteiger partial charge in [0.1, 0.15) is 24.4 Å². The number of allylic oxidation sites excluding steroid dienone is 3. The first-order valence-electron chi connectivity index (χ1n) is 10.5. The highest BCUT2D eigenvalue weighted by atomic mass is 16.8. The molecule has 5 N–H and O–H groups in total. The zero-order valence-electron chi connectivity index (χ0n) is 19.1. The molecule has 10 heteroatoms. The minimum atomic E-state index is -1.63. The van der Waals surface area contributed by atoms with Crippen molar-refractivity contribution in [1.29, 1.82) is 0 Å². The quantitative estimate of drug-likeness (QED) is 0.146. The van der Waals surface area contributed by atoms with Crippen molar-refractivity contribution in [2.45, 2.75) is 44.6 Å². The van der Waals surface area contributed by atoms with Gasteiger partial charge in [-0.3, -0.25) is 9.59 Å². The van der Waals surface area contributed by atoms with Gasteiger partial charge in [0.15, 0.2) is 5.78 Å². The number of rotatable bonds is 9. The number of hydrogen-bond donors (Lipinski definition) is 5. The van der Waals surface area contributed by atoms with E-state index in [-0.39, 0.29) is 5.78 Å². The van der Waals surface area contributed by atoms with Crippen molar-refractivity contribution in [2.75, 3.05) is 25.6 Å². The predicted molar refractivity (Wildman–Crippen MR) is 120 cm³/mol. The molecule has 1 fully saturated rings. The highest BCUT2D eigenvalue weighted by Crippen LogP contribution is 2.21. The summed E-state index contributed by atoms with van der Waals surface area (Å²) < 4.78 is 5.13. The standard InChI is InChI=1S/C23H32N2O8/c1-13(11-14(2)19(28)15-6-8-16(9-7-15)25(3)4)5-10-18(27)24-33-23-22(31)21(30)20(29)17(12-26)32-23/h5-11,14,17,20-23,26,29-31H,12H2,1-4H3,(H,24,27)/b10-5+,13-11+/t14-,17?,20?,21?,22?,23?/m1/s1. The average Bonchev–Trinajstić information content (AvgIpc) is 2.80. The van der Waals surface area contributed by atoms with Gasteiger partial charge in [-0.2, -0.15) is 0 Å². The molecule has 5 unspecified atom stereocenters. The Morgan fingerprint density at radius 1 is 1.12 bits per heavy atom. The van der Waals surface area contributed by atoms with Gasteiger partial charge in [-0.25, -0.2) is 10.3 Å². The maximum absolute atomic E-state index is 12.6. The van der Waals surface area contributed by atoms with Crippen LogP contribution in [-0.4, -0.2) is 83.5 Å². The lowest BCUT2D eigenvalue weighted by atomic mass is 9.97. The van der Waals surface area contributed by atoms with Crippen LogP contribution in [0.3, 0.4) is 0 Å². The molecule has 1 aromatic rings. The second-order valence-electron chi connectivity index (χ2n) is 8.12. The maximum Gasteiger partial charge on any atom is 0.267 e. The number of Topliss-reactive ketones (excluding diaryl/α,β-unsaturated/α-hetero) is 1. The van der Waals surface area contributed by atoms with Crippen molar-refractivity contribution in [3.63, 3.8) is 0 Å². The number of aliphatic hydroxyl groups is 4. The van der Waals surface area contributed by atoms with E-state index < -0.39 is 49.1 Å². The fourth-order valence-electron chi connectivity index (χ4n) is 3.23. The molecule has 2 rings (SSSR count). The molecule has 1 aliphatic heterocycles. The molecule has 33 heavy (non-hydrogen) atoms. The Hall–Kier alpha value is -2.60. The number of anilines is 1. The van der Waals surface area contributed by atoms with Crippen LogP contribution in [0.4, 0.5) is 5.69 Å². The van der Waals surface area contributed by atoms with Gasteiger partial charge < -0.3 is 30.1 Å². The highest BCUT2D eigenvalue weighted by Gasteiger charge is 2.44. The number of amides is 1. The zero-order chi connectivity index (χ0) is 24.7. The monoisotopic (exact) mass is 464 g/mol. The first-order valence-corrected chi connectivity index (χ1v) is 10.5. The number of ether oxygens (including phenoxy) is 1. The largest absolute Gasteiger partial charge is 0.394 e. The van der Waals surface area contributed by atoms with Gasteiger partial charge in [0.25, 0.3) is 5.91 Å². The number of nitrogens with one attached hydrogen (secondary N) is 1. The Labute approximate surface area is 192 Å². The third-order valence-electron chi connectivity index (χ3n) is 5.22. The van der Waals surface area contributed by atoms with Crippen LogP contribution in [0.15, 0.2) is 48.1 Å². The summed E-state index contributed by atoms with van der Waals surface area (Å²) in [5.41, 5.74) is 4.30. The van der Waals surface area contributed by atoms with Crippen molar-refractivity contribution >= 4 is 17.4 Å². The van der Waals surface area contributed by atoms with Crippen LogP contribution in [-0.2, 0) is 14.4 Å². The number of hydroxylamine groups is 1. The summed E-state index contributed by atoms with van der Waals surface area (Å²) in [4.78, 5) is 31.5. The van der Waals surface area contributed by atoms with E-state index in [0.29, 0.717) is 11.1 Å². The molecule has 10 nitrogen and oxygen atoms in total. The number of carbonyl (C=O) groups is 2. The van der Waals surface area contributed by atoms with Crippen LogP contribution < -0.4 is 10.4 Å². The fraction of sp³-hybridized carbons (Fsp3) is 0.478. The first kappa shape index (κ1) is 26.7. The summed E-state index contributed by atoms with van der Waals surface area (Å²) in [6.45, 7) is 2.89. The van der Waals surface area contributed by atoms with Crippen molar-refractivity contribution in [2.24, 2.45) is 5.92 Å². The van der Waals surface area contributed by atoms with Crippen molar-refractivity contribution in [1.82, 2.24) is 5.48 Å². The Kier molecular flexibility index (Phi) is 9.71. The molecule has 1 heterocycles. The van der Waals surface area contributed by atoms with E-state index in [1.54, 1.807) is 32.1 Å². The number of aliphatic hydroxyl groups excluding tert-OH is 4. The van der Waals surface area contributed by atoms with Gasteiger partial charge in [-0.15, -0.1) is 0 Å². The van der Waals surface area contributed by atoms with Gasteiger partial charge in [0, 0.05) is 37.3 Å². The van der Waals surface area contributed by atoms with E-state index in [1.165, 1.54) is 12.2 Å². The second kappa shape index (κ2) is 12.0. The third-order valence-corrected chi connectivity index (χ3v) is 5.22. The van der Waals surface area contributed by atoms with Gasteiger partial charge in [-0.1, -0.05) is 24.6 Å². The number of carbonyl (C=O) groups excluding carboxylic acids is 2. The van der Waals surface area contributed by atoms with Crippen LogP contribution in [0.2, 0.25) is 0 Å². The smallest absolute Gasteiger partial charge is 0.267 e. The van der Waals surface area contributed by atoms with Crippen molar-refractivity contribution in [3.05, 3.63) is 53.6 Å². The number of nitrogens with zero attached hydrogens (tertiary/aromatic N) is 1. The molecule has 1 aromatic carbocycles. The van der Waals surface area contributed by atoms with E-state index in [0.717, 1.165) is 5.69 Å². The Morgan fingerprint density at radius 2 is 1.76 bits per heavy atom. The molecule has 0 spiro atoms. The molecule has 6 atom stereocenters. The van der Waals surface area contributed by atoms with Gasteiger partial charge in [0.2, 0.25) is 6.29 Å². The van der Waals surface area contributed by atoms with Crippen LogP contribution in [0, 0.1) is 5.92 Å². The molecule has 0 aromatic heterocycles. The lowest BCUT2D eigenvalue weighted by molar-refractivity contribution is -0.312. The molecule has 0 bridgehead atoms. The normalized spacial score (nSPS) is 26.8. The van der Waals surface area contributed by atoms with E-state index in [2.05, 4.69) is 5.48 Å². The number of hydrogen-bond acceptors (Lipinski definition) is 9. The van der Waals surface area contributed by atoms with E-state index in [1.807, 2.05) is 31.1 Å². The number of benzene rings is 1. The molecule has 1 aliphatic rings. The second-order valence-corrected chi connectivity index (χ2v) is 8.12. The third kappa shape index (κ3) is 7.19. The van der Waals surface area contributed by atoms with Crippen molar-refractivity contribution < 1.29 is 39.6 Å². The fourth-order valence-corrected chi connectivity index (χ4v) is 3.23. The Balaban J connectivity index is 1.89. The van der Waals surface area contributed by atoms with E-state index in [9.17, 15) is 24.9 Å². The van der Waals surface area contributed by atoms with Gasteiger partial charge in [0.05, 0.1) is 6.61 Å². The van der Waals surface area contributed by atoms with Crippen molar-refractivity contribution in [3.8, 4) is 0 Å². The molecular weight excluding hydrogens is 432 g/mol. The molecule has 1 saturated heterocycles. The van der Waals surface area contributed by atoms with Crippen LogP contribution in [0.1, 0.15) is 24.2 Å². The van der Waals surface area contributed by atoms with Crippen LogP contribution in [0.5, 0.6) is 0 Å². The average molecular weight is 465 g/mol. The summed E-state index contributed by atoms with van der Waals surface area (Å²) in [6, 6.07) is 7.29. The molecule has 0 radical (unpaired) electrons. The summed E-state index contributed by atoms with van der Waals surface area (Å²) >= 11 is 0. The molecule has 0 aliphatic carbocycles. The van der Waals surface area contributed by atoms with Gasteiger partial charge >= 0.3 is 0 Å². The summed E-state index contributed by atoms with van der Waals surface area (Å²) in [6.07, 6.45) is -3.02. The first-order chi connectivity index (χ1) is 15.5. The molecule has 182 valence electrons. The van der Waals surface area contributed by atoms with E-state index >= 15 is 0 Å². The van der Waals surface area contributed by atoms with Crippen LogP contribution >= 0.6 is 0 Å². The molecule has 0 saturated carbocycles. The molecule has 1 amide bonds. The summed E-state index contributed by atoms with van der Waals surface area (Å²) in [5, 5.41) is 38.5. The summed E-state index contributed by atoms with van der Waals surface area (Å²) in [7, 11) is 3.84.